The van der Waals surface area contributed by atoms with Crippen LogP contribution in [-0.2, 0) is 0 Å². The summed E-state index contributed by atoms with van der Waals surface area (Å²) in [5.41, 5.74) is 13.2. The van der Waals surface area contributed by atoms with Crippen molar-refractivity contribution in [1.82, 2.24) is 9.97 Å². The molecule has 0 unspecified atom stereocenters. The van der Waals surface area contributed by atoms with Crippen LogP contribution in [0, 0.1) is 10.8 Å². The van der Waals surface area contributed by atoms with Crippen molar-refractivity contribution in [3.05, 3.63) is 59.9 Å². The van der Waals surface area contributed by atoms with Crippen LogP contribution in [-0.4, -0.2) is 21.6 Å². The minimum absolute atomic E-state index is 0.0288. The first-order valence-electron chi connectivity index (χ1n) is 6.76. The summed E-state index contributed by atoms with van der Waals surface area (Å²) in [7, 11) is 0. The van der Waals surface area contributed by atoms with E-state index in [2.05, 4.69) is 9.97 Å². The Balaban J connectivity index is 1.87. The Kier molecular flexibility index (Phi) is 3.60. The SMILES string of the molecule is N=C(N)c1ccc(-c2ccc(-c3ccc(C(=N)N)cn3)o2)nc1. The highest BCUT2D eigenvalue weighted by Gasteiger charge is 2.10. The van der Waals surface area contributed by atoms with Crippen molar-refractivity contribution in [1.29, 1.82) is 10.8 Å². The Hall–Kier alpha value is -3.48. The number of nitrogens with one attached hydrogen (secondary N) is 2. The lowest BCUT2D eigenvalue weighted by atomic mass is 10.2. The molecule has 0 aliphatic heterocycles. The molecule has 0 saturated carbocycles. The van der Waals surface area contributed by atoms with Gasteiger partial charge in [-0.3, -0.25) is 20.8 Å². The van der Waals surface area contributed by atoms with Gasteiger partial charge in [0, 0.05) is 23.5 Å². The van der Waals surface area contributed by atoms with Crippen molar-refractivity contribution in [2.24, 2.45) is 11.5 Å². The first-order valence-corrected chi connectivity index (χ1v) is 6.76. The van der Waals surface area contributed by atoms with Crippen LogP contribution in [0.15, 0.2) is 53.2 Å². The van der Waals surface area contributed by atoms with Crippen LogP contribution in [0.2, 0.25) is 0 Å². The number of aromatic nitrogens is 2. The summed E-state index contributed by atoms with van der Waals surface area (Å²) in [4.78, 5) is 8.47. The molecule has 0 aliphatic carbocycles. The van der Waals surface area contributed by atoms with Gasteiger partial charge in [-0.15, -0.1) is 0 Å². The molecule has 0 spiro atoms. The second-order valence-electron chi connectivity index (χ2n) is 4.86. The molecule has 3 heterocycles. The molecular formula is C16H14N6O. The van der Waals surface area contributed by atoms with E-state index in [1.165, 1.54) is 12.4 Å². The molecule has 3 aromatic heterocycles. The summed E-state index contributed by atoms with van der Waals surface area (Å²) in [6.07, 6.45) is 3.06. The number of pyridine rings is 2. The summed E-state index contributed by atoms with van der Waals surface area (Å²) < 4.78 is 5.76. The van der Waals surface area contributed by atoms with E-state index < -0.39 is 0 Å². The lowest BCUT2D eigenvalue weighted by Gasteiger charge is -2.01. The predicted octanol–water partition coefficient (Wildman–Crippen LogP) is 1.97. The fourth-order valence-electron chi connectivity index (χ4n) is 2.01. The van der Waals surface area contributed by atoms with Gasteiger partial charge in [-0.1, -0.05) is 0 Å². The maximum absolute atomic E-state index is 7.36. The molecule has 3 aromatic rings. The van der Waals surface area contributed by atoms with Gasteiger partial charge in [-0.05, 0) is 36.4 Å². The van der Waals surface area contributed by atoms with E-state index in [0.29, 0.717) is 34.0 Å². The Labute approximate surface area is 132 Å². The van der Waals surface area contributed by atoms with Crippen LogP contribution in [0.4, 0.5) is 0 Å². The fraction of sp³-hybridized carbons (Fsp3) is 0. The van der Waals surface area contributed by atoms with Crippen LogP contribution >= 0.6 is 0 Å². The molecule has 114 valence electrons. The average molecular weight is 306 g/mol. The fourth-order valence-corrected chi connectivity index (χ4v) is 2.01. The van der Waals surface area contributed by atoms with Crippen molar-refractivity contribution < 1.29 is 4.42 Å². The maximum atomic E-state index is 7.36. The number of furan rings is 1. The summed E-state index contributed by atoms with van der Waals surface area (Å²) >= 11 is 0. The molecule has 0 amide bonds. The molecule has 3 rings (SSSR count). The van der Waals surface area contributed by atoms with E-state index in [9.17, 15) is 0 Å². The molecule has 0 bridgehead atoms. The molecule has 0 atom stereocenters. The molecule has 0 fully saturated rings. The number of nitrogens with zero attached hydrogens (tertiary/aromatic N) is 2. The van der Waals surface area contributed by atoms with Crippen LogP contribution in [0.3, 0.4) is 0 Å². The lowest BCUT2D eigenvalue weighted by Crippen LogP contribution is -2.11. The monoisotopic (exact) mass is 306 g/mol. The van der Waals surface area contributed by atoms with Gasteiger partial charge in [0.25, 0.3) is 0 Å². The molecule has 7 nitrogen and oxygen atoms in total. The average Bonchev–Trinajstić information content (AvgIpc) is 3.05. The minimum atomic E-state index is -0.0288. The second-order valence-corrected chi connectivity index (χ2v) is 4.86. The van der Waals surface area contributed by atoms with E-state index >= 15 is 0 Å². The zero-order valence-electron chi connectivity index (χ0n) is 12.1. The number of nitrogen functional groups attached to an aromatic ring is 2. The number of amidine groups is 2. The van der Waals surface area contributed by atoms with E-state index in [4.69, 9.17) is 26.7 Å². The van der Waals surface area contributed by atoms with Gasteiger partial charge in [0.05, 0.1) is 0 Å². The molecule has 7 heteroatoms. The summed E-state index contributed by atoms with van der Waals surface area (Å²) in [5, 5.41) is 14.7. The molecular weight excluding hydrogens is 292 g/mol. The van der Waals surface area contributed by atoms with Crippen molar-refractivity contribution in [3.63, 3.8) is 0 Å². The van der Waals surface area contributed by atoms with E-state index in [-0.39, 0.29) is 11.7 Å². The number of nitrogens with two attached hydrogens (primary N) is 2. The molecule has 0 saturated heterocycles. The third kappa shape index (κ3) is 2.93. The quantitative estimate of drug-likeness (QED) is 0.431. The standard InChI is InChI=1S/C16H14N6O/c17-15(18)9-1-3-11(21-7-9)13-5-6-14(23-13)12-4-2-10(8-22-12)16(19)20/h1-8H,(H3,17,18)(H3,19,20). The Morgan fingerprint density at radius 2 is 1.17 bits per heavy atom. The molecule has 6 N–H and O–H groups in total. The van der Waals surface area contributed by atoms with Gasteiger partial charge < -0.3 is 15.9 Å². The number of hydrogen-bond acceptors (Lipinski definition) is 5. The third-order valence-corrected chi connectivity index (χ3v) is 3.26. The highest BCUT2D eigenvalue weighted by Crippen LogP contribution is 2.26. The van der Waals surface area contributed by atoms with Crippen molar-refractivity contribution >= 4 is 11.7 Å². The highest BCUT2D eigenvalue weighted by atomic mass is 16.3. The predicted molar refractivity (Wildman–Crippen MR) is 87.2 cm³/mol. The zero-order valence-corrected chi connectivity index (χ0v) is 12.1. The van der Waals surface area contributed by atoms with Crippen LogP contribution in [0.25, 0.3) is 22.9 Å². The highest BCUT2D eigenvalue weighted by molar-refractivity contribution is 5.95. The van der Waals surface area contributed by atoms with Crippen molar-refractivity contribution in [2.75, 3.05) is 0 Å². The topological polar surface area (TPSA) is 139 Å². The molecule has 0 aromatic carbocycles. The van der Waals surface area contributed by atoms with Crippen LogP contribution in [0.1, 0.15) is 11.1 Å². The molecule has 0 radical (unpaired) electrons. The van der Waals surface area contributed by atoms with E-state index in [0.717, 1.165) is 0 Å². The molecule has 23 heavy (non-hydrogen) atoms. The van der Waals surface area contributed by atoms with Gasteiger partial charge in [-0.2, -0.15) is 0 Å². The van der Waals surface area contributed by atoms with Gasteiger partial charge in [0.15, 0.2) is 11.5 Å². The first-order chi connectivity index (χ1) is 11.0. The lowest BCUT2D eigenvalue weighted by molar-refractivity contribution is 0.592. The van der Waals surface area contributed by atoms with Crippen LogP contribution < -0.4 is 11.5 Å². The minimum Gasteiger partial charge on any atom is -0.453 e. The van der Waals surface area contributed by atoms with Gasteiger partial charge in [0.2, 0.25) is 0 Å². The Bertz CT molecular complexity index is 792. The van der Waals surface area contributed by atoms with Gasteiger partial charge in [-0.25, -0.2) is 0 Å². The molecule has 0 aliphatic rings. The Morgan fingerprint density at radius 3 is 1.48 bits per heavy atom. The van der Waals surface area contributed by atoms with Crippen LogP contribution in [0.5, 0.6) is 0 Å². The number of rotatable bonds is 4. The largest absolute Gasteiger partial charge is 0.453 e. The summed E-state index contributed by atoms with van der Waals surface area (Å²) in [6, 6.07) is 10.5. The summed E-state index contributed by atoms with van der Waals surface area (Å²) in [6.45, 7) is 0. The normalized spacial score (nSPS) is 10.4. The van der Waals surface area contributed by atoms with E-state index in [1.54, 1.807) is 36.4 Å². The number of hydrogen-bond donors (Lipinski definition) is 4. The summed E-state index contributed by atoms with van der Waals surface area (Å²) in [5.74, 6) is 1.12. The van der Waals surface area contributed by atoms with Crippen molar-refractivity contribution in [3.8, 4) is 22.9 Å². The first kappa shape index (κ1) is 14.5. The van der Waals surface area contributed by atoms with Gasteiger partial charge in [0.1, 0.15) is 23.1 Å². The Morgan fingerprint density at radius 1 is 0.739 bits per heavy atom. The smallest absolute Gasteiger partial charge is 0.153 e. The second kappa shape index (κ2) is 5.72. The van der Waals surface area contributed by atoms with Crippen molar-refractivity contribution in [2.45, 2.75) is 0 Å². The van der Waals surface area contributed by atoms with E-state index in [1.807, 2.05) is 0 Å². The third-order valence-electron chi connectivity index (χ3n) is 3.26. The van der Waals surface area contributed by atoms with Gasteiger partial charge >= 0.3 is 0 Å². The maximum Gasteiger partial charge on any atom is 0.153 e. The zero-order chi connectivity index (χ0) is 16.4.